The molecule has 1 aliphatic rings. The summed E-state index contributed by atoms with van der Waals surface area (Å²) in [4.78, 5) is 23.1. The molecule has 0 heterocycles. The number of aliphatic carboxylic acids is 1. The van der Waals surface area contributed by atoms with Gasteiger partial charge in [-0.3, -0.25) is 10.1 Å². The number of benzene rings is 1. The third-order valence-corrected chi connectivity index (χ3v) is 4.00. The van der Waals surface area contributed by atoms with Gasteiger partial charge in [-0.05, 0) is 24.8 Å². The Morgan fingerprint density at radius 1 is 1.29 bits per heavy atom. The quantitative estimate of drug-likeness (QED) is 0.813. The molecule has 0 spiro atoms. The molecule has 3 atom stereocenters. The molecule has 1 fully saturated rings. The van der Waals surface area contributed by atoms with Gasteiger partial charge in [-0.25, -0.2) is 4.79 Å². The number of carboxylic acid groups (broad SMARTS) is 1. The van der Waals surface area contributed by atoms with Crippen LogP contribution in [-0.2, 0) is 14.3 Å². The van der Waals surface area contributed by atoms with Crippen molar-refractivity contribution in [1.29, 1.82) is 0 Å². The number of nitrogens with one attached hydrogen (secondary N) is 1. The molecule has 0 aromatic heterocycles. The van der Waals surface area contributed by atoms with Crippen molar-refractivity contribution in [1.82, 2.24) is 5.32 Å². The highest BCUT2D eigenvalue weighted by molar-refractivity contribution is 5.77. The van der Waals surface area contributed by atoms with Gasteiger partial charge < -0.3 is 9.84 Å². The lowest BCUT2D eigenvalue weighted by atomic mass is 9.85. The van der Waals surface area contributed by atoms with Gasteiger partial charge in [0.1, 0.15) is 6.04 Å². The van der Waals surface area contributed by atoms with Crippen LogP contribution < -0.4 is 5.32 Å². The fraction of sp³-hybridized carbons (Fsp3) is 0.500. The van der Waals surface area contributed by atoms with Gasteiger partial charge in [0.15, 0.2) is 0 Å². The van der Waals surface area contributed by atoms with Gasteiger partial charge in [0.25, 0.3) is 0 Å². The molecule has 114 valence electrons. The average Bonchev–Trinajstić information content (AvgIpc) is 2.53. The molecule has 5 heteroatoms. The molecule has 1 aliphatic carbocycles. The van der Waals surface area contributed by atoms with Crippen LogP contribution in [0, 0.1) is 5.92 Å². The van der Waals surface area contributed by atoms with Crippen molar-refractivity contribution in [3.63, 3.8) is 0 Å². The van der Waals surface area contributed by atoms with E-state index < -0.39 is 12.0 Å². The first-order valence-electron chi connectivity index (χ1n) is 7.23. The van der Waals surface area contributed by atoms with Crippen LogP contribution in [0.2, 0.25) is 0 Å². The van der Waals surface area contributed by atoms with E-state index in [-0.39, 0.29) is 17.9 Å². The van der Waals surface area contributed by atoms with Gasteiger partial charge in [-0.1, -0.05) is 36.8 Å². The second-order valence-electron chi connectivity index (χ2n) is 5.43. The molecule has 3 unspecified atom stereocenters. The summed E-state index contributed by atoms with van der Waals surface area (Å²) < 4.78 is 4.86. The van der Waals surface area contributed by atoms with Crippen molar-refractivity contribution < 1.29 is 19.4 Å². The van der Waals surface area contributed by atoms with Crippen LogP contribution in [0.5, 0.6) is 0 Å². The average molecular weight is 291 g/mol. The van der Waals surface area contributed by atoms with Crippen molar-refractivity contribution in [2.45, 2.75) is 37.8 Å². The molecule has 5 nitrogen and oxygen atoms in total. The highest BCUT2D eigenvalue weighted by atomic mass is 16.5. The Labute approximate surface area is 124 Å². The Kier molecular flexibility index (Phi) is 5.33. The summed E-state index contributed by atoms with van der Waals surface area (Å²) in [5, 5.41) is 12.4. The van der Waals surface area contributed by atoms with E-state index in [0.29, 0.717) is 12.8 Å². The van der Waals surface area contributed by atoms with E-state index in [1.165, 1.54) is 7.11 Å². The normalized spacial score (nSPS) is 23.3. The summed E-state index contributed by atoms with van der Waals surface area (Å²) >= 11 is 0. The molecule has 0 saturated heterocycles. The summed E-state index contributed by atoms with van der Waals surface area (Å²) in [6.07, 6.45) is 3.00. The SMILES string of the molecule is COC(=O)C(NC1CCCC(C(=O)O)C1)c1ccccc1. The van der Waals surface area contributed by atoms with Crippen LogP contribution in [0.1, 0.15) is 37.3 Å². The van der Waals surface area contributed by atoms with Crippen molar-refractivity contribution in [2.24, 2.45) is 5.92 Å². The predicted molar refractivity (Wildman–Crippen MR) is 77.7 cm³/mol. The van der Waals surface area contributed by atoms with Crippen LogP contribution >= 0.6 is 0 Å². The number of hydrogen-bond donors (Lipinski definition) is 2. The number of methoxy groups -OCH3 is 1. The third-order valence-electron chi connectivity index (χ3n) is 4.00. The second kappa shape index (κ2) is 7.22. The zero-order chi connectivity index (χ0) is 15.2. The fourth-order valence-corrected chi connectivity index (χ4v) is 2.86. The van der Waals surface area contributed by atoms with Gasteiger partial charge in [0, 0.05) is 6.04 Å². The molecule has 0 bridgehead atoms. The first kappa shape index (κ1) is 15.5. The topological polar surface area (TPSA) is 75.6 Å². The Bertz CT molecular complexity index is 488. The minimum atomic E-state index is -0.754. The molecule has 2 N–H and O–H groups in total. The number of carboxylic acids is 1. The molecule has 1 saturated carbocycles. The zero-order valence-corrected chi connectivity index (χ0v) is 12.1. The molecule has 0 aliphatic heterocycles. The van der Waals surface area contributed by atoms with Crippen LogP contribution in [0.3, 0.4) is 0 Å². The van der Waals surface area contributed by atoms with Crippen molar-refractivity contribution >= 4 is 11.9 Å². The van der Waals surface area contributed by atoms with E-state index in [1.807, 2.05) is 30.3 Å². The lowest BCUT2D eigenvalue weighted by Crippen LogP contribution is -2.41. The minimum absolute atomic E-state index is 0.0177. The molecule has 0 radical (unpaired) electrons. The number of rotatable bonds is 5. The summed E-state index contributed by atoms with van der Waals surface area (Å²) in [5.74, 6) is -1.43. The van der Waals surface area contributed by atoms with E-state index in [9.17, 15) is 9.59 Å². The van der Waals surface area contributed by atoms with E-state index in [4.69, 9.17) is 9.84 Å². The molecule has 2 rings (SSSR count). The summed E-state index contributed by atoms with van der Waals surface area (Å²) in [6.45, 7) is 0. The number of esters is 1. The Hall–Kier alpha value is -1.88. The van der Waals surface area contributed by atoms with E-state index >= 15 is 0 Å². The number of carbonyl (C=O) groups excluding carboxylic acids is 1. The van der Waals surface area contributed by atoms with Crippen LogP contribution in [-0.4, -0.2) is 30.2 Å². The van der Waals surface area contributed by atoms with E-state index in [1.54, 1.807) is 0 Å². The van der Waals surface area contributed by atoms with Gasteiger partial charge >= 0.3 is 11.9 Å². The highest BCUT2D eigenvalue weighted by Gasteiger charge is 2.30. The van der Waals surface area contributed by atoms with Gasteiger partial charge in [-0.15, -0.1) is 0 Å². The lowest BCUT2D eigenvalue weighted by Gasteiger charge is -2.30. The minimum Gasteiger partial charge on any atom is -0.481 e. The van der Waals surface area contributed by atoms with E-state index in [0.717, 1.165) is 18.4 Å². The zero-order valence-electron chi connectivity index (χ0n) is 12.1. The maximum atomic E-state index is 12.0. The van der Waals surface area contributed by atoms with Crippen LogP contribution in [0.15, 0.2) is 30.3 Å². The van der Waals surface area contributed by atoms with E-state index in [2.05, 4.69) is 5.32 Å². The third kappa shape index (κ3) is 4.04. The Morgan fingerprint density at radius 2 is 2.00 bits per heavy atom. The highest BCUT2D eigenvalue weighted by Crippen LogP contribution is 2.27. The Balaban J connectivity index is 2.08. The smallest absolute Gasteiger partial charge is 0.327 e. The monoisotopic (exact) mass is 291 g/mol. The maximum Gasteiger partial charge on any atom is 0.327 e. The van der Waals surface area contributed by atoms with Crippen molar-refractivity contribution in [2.75, 3.05) is 7.11 Å². The van der Waals surface area contributed by atoms with Crippen LogP contribution in [0.25, 0.3) is 0 Å². The first-order chi connectivity index (χ1) is 10.1. The molecular weight excluding hydrogens is 270 g/mol. The lowest BCUT2D eigenvalue weighted by molar-refractivity contribution is -0.144. The number of hydrogen-bond acceptors (Lipinski definition) is 4. The summed E-state index contributed by atoms with van der Waals surface area (Å²) in [5.41, 5.74) is 0.835. The van der Waals surface area contributed by atoms with Crippen molar-refractivity contribution in [3.05, 3.63) is 35.9 Å². The summed E-state index contributed by atoms with van der Waals surface area (Å²) in [6, 6.07) is 8.83. The Morgan fingerprint density at radius 3 is 2.62 bits per heavy atom. The van der Waals surface area contributed by atoms with Crippen LogP contribution in [0.4, 0.5) is 0 Å². The molecule has 0 amide bonds. The molecule has 21 heavy (non-hydrogen) atoms. The predicted octanol–water partition coefficient (Wildman–Crippen LogP) is 2.13. The maximum absolute atomic E-state index is 12.0. The first-order valence-corrected chi connectivity index (χ1v) is 7.23. The molecule has 1 aromatic carbocycles. The van der Waals surface area contributed by atoms with Gasteiger partial charge in [0.2, 0.25) is 0 Å². The second-order valence-corrected chi connectivity index (χ2v) is 5.43. The van der Waals surface area contributed by atoms with Gasteiger partial charge in [-0.2, -0.15) is 0 Å². The number of ether oxygens (including phenoxy) is 1. The number of carbonyl (C=O) groups is 2. The van der Waals surface area contributed by atoms with Gasteiger partial charge in [0.05, 0.1) is 13.0 Å². The standard InChI is InChI=1S/C16H21NO4/c1-21-16(20)14(11-6-3-2-4-7-11)17-13-9-5-8-12(10-13)15(18)19/h2-4,6-7,12-14,17H,5,8-10H2,1H3,(H,18,19). The molecular formula is C16H21NO4. The summed E-state index contributed by atoms with van der Waals surface area (Å²) in [7, 11) is 1.36. The fourth-order valence-electron chi connectivity index (χ4n) is 2.86. The van der Waals surface area contributed by atoms with Crippen molar-refractivity contribution in [3.8, 4) is 0 Å². The molecule has 1 aromatic rings. The largest absolute Gasteiger partial charge is 0.481 e.